The van der Waals surface area contributed by atoms with Gasteiger partial charge in [0.2, 0.25) is 5.95 Å². The lowest BCUT2D eigenvalue weighted by Gasteiger charge is -2.34. The fourth-order valence-corrected chi connectivity index (χ4v) is 3.84. The Balaban J connectivity index is 1.50. The van der Waals surface area contributed by atoms with Gasteiger partial charge in [-0.2, -0.15) is 4.98 Å². The third-order valence-corrected chi connectivity index (χ3v) is 5.95. The minimum atomic E-state index is -0.516. The molecule has 2 aromatic carbocycles. The molecule has 1 aliphatic heterocycles. The molecule has 0 radical (unpaired) electrons. The highest BCUT2D eigenvalue weighted by Crippen LogP contribution is 2.29. The van der Waals surface area contributed by atoms with E-state index in [4.69, 9.17) is 11.6 Å². The summed E-state index contributed by atoms with van der Waals surface area (Å²) in [5, 5.41) is 6.30. The van der Waals surface area contributed by atoms with Crippen molar-refractivity contribution in [2.24, 2.45) is 0 Å². The number of piperazine rings is 1. The second-order valence-corrected chi connectivity index (χ2v) is 8.51. The molecule has 0 aliphatic carbocycles. The first-order chi connectivity index (χ1) is 16.4. The fraction of sp³-hybridized carbons (Fsp3) is 0.240. The van der Waals surface area contributed by atoms with Crippen LogP contribution in [0.2, 0.25) is 5.02 Å². The van der Waals surface area contributed by atoms with E-state index >= 15 is 0 Å². The molecule has 2 heterocycles. The van der Waals surface area contributed by atoms with Crippen molar-refractivity contribution in [2.75, 3.05) is 48.8 Å². The van der Waals surface area contributed by atoms with Crippen LogP contribution < -0.4 is 15.5 Å². The second-order valence-electron chi connectivity index (χ2n) is 8.10. The Morgan fingerprint density at radius 2 is 1.88 bits per heavy atom. The van der Waals surface area contributed by atoms with Crippen molar-refractivity contribution in [2.45, 2.75) is 6.42 Å². The zero-order chi connectivity index (χ0) is 24.1. The number of hydrogen-bond donors (Lipinski definition) is 2. The Bertz CT molecular complexity index is 1180. The molecule has 9 heteroatoms. The fourth-order valence-electron chi connectivity index (χ4n) is 3.70. The minimum absolute atomic E-state index is 0.0110. The van der Waals surface area contributed by atoms with Gasteiger partial charge in [0.25, 0.3) is 0 Å². The van der Waals surface area contributed by atoms with Crippen LogP contribution in [0.25, 0.3) is 0 Å². The standard InChI is InChI=1S/C25H26ClFN6O/c1-3-20(34)15-17-5-4-6-22(27)23(17)30-24-21(26)16-28-25(31-24)29-18-7-9-19(10-8-18)33-13-11-32(2)12-14-33/h3-10,16H,1,11-15H2,2H3,(H2,28,29,30,31). The van der Waals surface area contributed by atoms with Gasteiger partial charge < -0.3 is 20.4 Å². The van der Waals surface area contributed by atoms with Crippen LogP contribution in [0.15, 0.2) is 61.3 Å². The van der Waals surface area contributed by atoms with E-state index < -0.39 is 5.82 Å². The number of ketones is 1. The van der Waals surface area contributed by atoms with Gasteiger partial charge in [-0.05, 0) is 49.0 Å². The summed E-state index contributed by atoms with van der Waals surface area (Å²) >= 11 is 6.27. The van der Waals surface area contributed by atoms with Crippen LogP contribution in [0.5, 0.6) is 0 Å². The quantitative estimate of drug-likeness (QED) is 0.448. The number of halogens is 2. The summed E-state index contributed by atoms with van der Waals surface area (Å²) in [5.41, 5.74) is 2.60. The molecule has 176 valence electrons. The summed E-state index contributed by atoms with van der Waals surface area (Å²) in [6.07, 6.45) is 2.66. The van der Waals surface area contributed by atoms with E-state index in [9.17, 15) is 9.18 Å². The van der Waals surface area contributed by atoms with Crippen LogP contribution in [-0.4, -0.2) is 53.9 Å². The molecular formula is C25H26ClFN6O. The molecule has 0 amide bonds. The molecule has 34 heavy (non-hydrogen) atoms. The van der Waals surface area contributed by atoms with Crippen LogP contribution in [0.1, 0.15) is 5.56 Å². The smallest absolute Gasteiger partial charge is 0.229 e. The Morgan fingerprint density at radius 1 is 1.15 bits per heavy atom. The maximum atomic E-state index is 14.6. The number of hydrogen-bond acceptors (Lipinski definition) is 7. The van der Waals surface area contributed by atoms with Gasteiger partial charge in [0.05, 0.1) is 11.9 Å². The van der Waals surface area contributed by atoms with Crippen LogP contribution in [-0.2, 0) is 11.2 Å². The lowest BCUT2D eigenvalue weighted by molar-refractivity contribution is -0.114. The first-order valence-electron chi connectivity index (χ1n) is 11.0. The first kappa shape index (κ1) is 23.7. The number of rotatable bonds is 8. The summed E-state index contributed by atoms with van der Waals surface area (Å²) in [7, 11) is 2.13. The van der Waals surface area contributed by atoms with E-state index in [-0.39, 0.29) is 28.7 Å². The number of allylic oxidation sites excluding steroid dienone is 1. The lowest BCUT2D eigenvalue weighted by Crippen LogP contribution is -2.44. The van der Waals surface area contributed by atoms with Gasteiger partial charge in [-0.25, -0.2) is 9.37 Å². The first-order valence-corrected chi connectivity index (χ1v) is 11.3. The summed E-state index contributed by atoms with van der Waals surface area (Å²) in [5.74, 6) is -0.201. The van der Waals surface area contributed by atoms with Gasteiger partial charge in [-0.1, -0.05) is 30.3 Å². The summed E-state index contributed by atoms with van der Waals surface area (Å²) < 4.78 is 14.6. The van der Waals surface area contributed by atoms with Crippen LogP contribution in [0.4, 0.5) is 33.2 Å². The average Bonchev–Trinajstić information content (AvgIpc) is 2.84. The Hall–Kier alpha value is -3.49. The van der Waals surface area contributed by atoms with Gasteiger partial charge in [0.15, 0.2) is 11.6 Å². The summed E-state index contributed by atoms with van der Waals surface area (Å²) in [6, 6.07) is 12.6. The van der Waals surface area contributed by atoms with Gasteiger partial charge >= 0.3 is 0 Å². The number of likely N-dealkylation sites (N-methyl/N-ethyl adjacent to an activating group) is 1. The van der Waals surface area contributed by atoms with E-state index in [2.05, 4.69) is 56.2 Å². The molecule has 0 atom stereocenters. The minimum Gasteiger partial charge on any atom is -0.369 e. The van der Waals surface area contributed by atoms with E-state index in [0.717, 1.165) is 31.9 Å². The number of nitrogens with zero attached hydrogens (tertiary/aromatic N) is 4. The highest BCUT2D eigenvalue weighted by atomic mass is 35.5. The lowest BCUT2D eigenvalue weighted by atomic mass is 10.1. The largest absolute Gasteiger partial charge is 0.369 e. The number of anilines is 5. The van der Waals surface area contributed by atoms with Crippen molar-refractivity contribution in [3.8, 4) is 0 Å². The monoisotopic (exact) mass is 480 g/mol. The van der Waals surface area contributed by atoms with Crippen molar-refractivity contribution >= 4 is 46.2 Å². The van der Waals surface area contributed by atoms with E-state index in [1.807, 2.05) is 12.1 Å². The summed E-state index contributed by atoms with van der Waals surface area (Å²) in [4.78, 5) is 25.1. The number of nitrogens with one attached hydrogen (secondary N) is 2. The van der Waals surface area contributed by atoms with Crippen LogP contribution in [0, 0.1) is 5.82 Å². The van der Waals surface area contributed by atoms with Crippen LogP contribution >= 0.6 is 11.6 Å². The van der Waals surface area contributed by atoms with Crippen molar-refractivity contribution in [1.29, 1.82) is 0 Å². The zero-order valence-electron chi connectivity index (χ0n) is 18.9. The molecule has 1 fully saturated rings. The van der Waals surface area contributed by atoms with Gasteiger partial charge in [-0.15, -0.1) is 0 Å². The molecule has 0 bridgehead atoms. The Kier molecular flexibility index (Phi) is 7.40. The Labute approximate surface area is 203 Å². The molecule has 2 N–H and O–H groups in total. The number of carbonyl (C=O) groups excluding carboxylic acids is 1. The van der Waals surface area contributed by atoms with Gasteiger partial charge in [-0.3, -0.25) is 4.79 Å². The number of para-hydroxylation sites is 1. The van der Waals surface area contributed by atoms with Crippen LogP contribution in [0.3, 0.4) is 0 Å². The normalized spacial score (nSPS) is 14.0. The highest BCUT2D eigenvalue weighted by Gasteiger charge is 2.16. The van der Waals surface area contributed by atoms with Crippen molar-refractivity contribution in [3.05, 3.63) is 77.7 Å². The molecule has 0 unspecified atom stereocenters. The molecule has 1 aliphatic rings. The van der Waals surface area contributed by atoms with Crippen molar-refractivity contribution < 1.29 is 9.18 Å². The third kappa shape index (κ3) is 5.70. The Morgan fingerprint density at radius 3 is 2.59 bits per heavy atom. The molecule has 3 aromatic rings. The predicted octanol–water partition coefficient (Wildman–Crippen LogP) is 4.81. The maximum Gasteiger partial charge on any atom is 0.229 e. The zero-order valence-corrected chi connectivity index (χ0v) is 19.6. The average molecular weight is 481 g/mol. The van der Waals surface area contributed by atoms with E-state index in [1.165, 1.54) is 24.0 Å². The molecule has 1 aromatic heterocycles. The SMILES string of the molecule is C=CC(=O)Cc1cccc(F)c1Nc1nc(Nc2ccc(N3CCN(C)CC3)cc2)ncc1Cl. The molecule has 4 rings (SSSR count). The predicted molar refractivity (Wildman–Crippen MR) is 135 cm³/mol. The molecular weight excluding hydrogens is 455 g/mol. The highest BCUT2D eigenvalue weighted by molar-refractivity contribution is 6.32. The molecule has 0 saturated carbocycles. The number of aromatic nitrogens is 2. The third-order valence-electron chi connectivity index (χ3n) is 5.67. The molecule has 1 saturated heterocycles. The molecule has 7 nitrogen and oxygen atoms in total. The van der Waals surface area contributed by atoms with Gasteiger partial charge in [0, 0.05) is 44.0 Å². The van der Waals surface area contributed by atoms with E-state index in [0.29, 0.717) is 11.5 Å². The number of carbonyl (C=O) groups is 1. The van der Waals surface area contributed by atoms with Crippen molar-refractivity contribution in [1.82, 2.24) is 14.9 Å². The topological polar surface area (TPSA) is 73.4 Å². The van der Waals surface area contributed by atoms with Crippen molar-refractivity contribution in [3.63, 3.8) is 0 Å². The number of benzene rings is 2. The maximum absolute atomic E-state index is 14.6. The summed E-state index contributed by atoms with van der Waals surface area (Å²) in [6.45, 7) is 7.55. The van der Waals surface area contributed by atoms with Gasteiger partial charge in [0.1, 0.15) is 10.8 Å². The molecule has 0 spiro atoms. The van der Waals surface area contributed by atoms with E-state index in [1.54, 1.807) is 12.1 Å². The second kappa shape index (κ2) is 10.6.